The van der Waals surface area contributed by atoms with Crippen molar-refractivity contribution in [1.29, 1.82) is 0 Å². The van der Waals surface area contributed by atoms with Gasteiger partial charge < -0.3 is 29.6 Å². The molecule has 0 aliphatic rings. The second kappa shape index (κ2) is 15.6. The molecule has 0 aliphatic carbocycles. The Balaban J connectivity index is 0.00000507. The van der Waals surface area contributed by atoms with E-state index in [4.69, 9.17) is 32.7 Å². The van der Waals surface area contributed by atoms with Crippen molar-refractivity contribution in [1.82, 2.24) is 0 Å². The van der Waals surface area contributed by atoms with Gasteiger partial charge in [-0.2, -0.15) is 0 Å². The minimum atomic E-state index is -1.44. The number of hydrogen-bond donors (Lipinski definition) is 2. The van der Waals surface area contributed by atoms with E-state index in [1.54, 1.807) is 18.2 Å². The van der Waals surface area contributed by atoms with E-state index in [0.717, 1.165) is 5.56 Å². The van der Waals surface area contributed by atoms with E-state index in [-0.39, 0.29) is 65.8 Å². The average molecular weight is 577 g/mol. The smallest absolute Gasteiger partial charge is 0.550 e. The zero-order chi connectivity index (χ0) is 26.9. The third-order valence-electron chi connectivity index (χ3n) is 5.54. The Bertz CT molecular complexity index is 1180. The molecule has 0 spiro atoms. The summed E-state index contributed by atoms with van der Waals surface area (Å²) < 4.78 is 38.4. The van der Waals surface area contributed by atoms with Crippen molar-refractivity contribution in [2.24, 2.45) is 0 Å². The topological polar surface area (TPSA) is 99.1 Å². The van der Waals surface area contributed by atoms with Gasteiger partial charge >= 0.3 is 29.6 Å². The van der Waals surface area contributed by atoms with Gasteiger partial charge in [0.25, 0.3) is 0 Å². The Morgan fingerprint density at radius 2 is 1.53 bits per heavy atom. The van der Waals surface area contributed by atoms with Crippen LogP contribution in [-0.2, 0) is 4.79 Å². The van der Waals surface area contributed by atoms with E-state index in [2.05, 4.69) is 0 Å². The van der Waals surface area contributed by atoms with Gasteiger partial charge in [-0.15, -0.1) is 0 Å². The molecule has 2 N–H and O–H groups in total. The Morgan fingerprint density at radius 1 is 0.921 bits per heavy atom. The van der Waals surface area contributed by atoms with Crippen molar-refractivity contribution in [2.75, 3.05) is 13.2 Å². The van der Waals surface area contributed by atoms with Crippen LogP contribution in [0.5, 0.6) is 11.5 Å². The fourth-order valence-corrected chi connectivity index (χ4v) is 4.41. The monoisotopic (exact) mass is 576 g/mol. The van der Waals surface area contributed by atoms with Crippen molar-refractivity contribution in [2.45, 2.75) is 37.4 Å². The Kier molecular flexibility index (Phi) is 13.3. The Morgan fingerprint density at radius 3 is 2.13 bits per heavy atom. The summed E-state index contributed by atoms with van der Waals surface area (Å²) >= 11 is 12.7. The van der Waals surface area contributed by atoms with Gasteiger partial charge in [-0.25, -0.2) is 8.78 Å². The summed E-state index contributed by atoms with van der Waals surface area (Å²) in [5.41, 5.74) is 1.27. The minimum absolute atomic E-state index is 0. The molecule has 3 aromatic rings. The zero-order valence-electron chi connectivity index (χ0n) is 20.6. The van der Waals surface area contributed by atoms with E-state index < -0.39 is 36.3 Å². The molecule has 11 heteroatoms. The number of ether oxygens (including phenoxy) is 2. The fraction of sp³-hybridized carbons (Fsp3) is 0.296. The first-order valence-electron chi connectivity index (χ1n) is 11.4. The number of carboxylic acids is 1. The van der Waals surface area contributed by atoms with E-state index in [1.165, 1.54) is 42.5 Å². The number of benzene rings is 3. The maximum Gasteiger partial charge on any atom is 1.00 e. The molecular weight excluding hydrogens is 552 g/mol. The molecule has 0 amide bonds. The van der Waals surface area contributed by atoms with Crippen LogP contribution in [0.1, 0.15) is 36.3 Å². The summed E-state index contributed by atoms with van der Waals surface area (Å²) in [5, 5.41) is 31.1. The first kappa shape index (κ1) is 32.3. The number of carboxylic acid groups (broad SMARTS) is 1. The number of halogens is 4. The molecule has 0 radical (unpaired) electrons. The van der Waals surface area contributed by atoms with Crippen molar-refractivity contribution < 1.29 is 67.9 Å². The standard InChI is InChI=1S/C27H26Cl2F2O6.Na/c28-17-11-24(27(25(29)12-17)37-15-21(33)13-20(32)14-26(34)35)23(16-1-3-18(30)4-2-16)9-10-36-22-7-5-19(31)6-8-22;/h1-8,11-12,20-21,23,32-33H,9-10,13-15H2,(H,34,35);/q;+1/p-1/t20-,21+,23?;/m1./s1. The van der Waals surface area contributed by atoms with Crippen LogP contribution < -0.4 is 44.1 Å². The Labute approximate surface area is 251 Å². The second-order valence-corrected chi connectivity index (χ2v) is 9.28. The molecule has 0 aliphatic heterocycles. The molecule has 1 unspecified atom stereocenters. The van der Waals surface area contributed by atoms with Crippen LogP contribution in [-0.4, -0.2) is 41.6 Å². The first-order chi connectivity index (χ1) is 17.6. The summed E-state index contributed by atoms with van der Waals surface area (Å²) in [6, 6.07) is 14.5. The summed E-state index contributed by atoms with van der Waals surface area (Å²) in [4.78, 5) is 10.7. The van der Waals surface area contributed by atoms with Gasteiger partial charge in [0.15, 0.2) is 0 Å². The van der Waals surface area contributed by atoms with Gasteiger partial charge in [-0.05, 0) is 60.5 Å². The molecule has 3 atom stereocenters. The van der Waals surface area contributed by atoms with Crippen molar-refractivity contribution >= 4 is 29.2 Å². The maximum atomic E-state index is 13.6. The molecule has 3 aromatic carbocycles. The summed E-state index contributed by atoms with van der Waals surface area (Å²) in [6.45, 7) is -0.0873. The number of rotatable bonds is 13. The van der Waals surface area contributed by atoms with E-state index in [0.29, 0.717) is 22.8 Å². The van der Waals surface area contributed by atoms with Crippen LogP contribution in [0.15, 0.2) is 60.7 Å². The van der Waals surface area contributed by atoms with Crippen LogP contribution in [0.25, 0.3) is 0 Å². The van der Waals surface area contributed by atoms with E-state index in [9.17, 15) is 28.9 Å². The number of carbonyl (C=O) groups is 1. The number of aliphatic carboxylic acids is 1. The quantitative estimate of drug-likeness (QED) is 0.299. The normalized spacial score (nSPS) is 13.2. The molecule has 6 nitrogen and oxygen atoms in total. The minimum Gasteiger partial charge on any atom is -0.550 e. The number of hydrogen-bond acceptors (Lipinski definition) is 6. The van der Waals surface area contributed by atoms with Crippen molar-refractivity contribution in [3.63, 3.8) is 0 Å². The van der Waals surface area contributed by atoms with Gasteiger partial charge in [0, 0.05) is 35.3 Å². The van der Waals surface area contributed by atoms with Gasteiger partial charge in [-0.3, -0.25) is 0 Å². The Hall–Kier alpha value is -1.91. The van der Waals surface area contributed by atoms with Crippen LogP contribution in [0.3, 0.4) is 0 Å². The van der Waals surface area contributed by atoms with E-state index >= 15 is 0 Å². The molecular formula is C27H25Cl2F2NaO6. The third kappa shape index (κ3) is 10.0. The molecule has 0 bridgehead atoms. The molecule has 0 saturated heterocycles. The summed E-state index contributed by atoms with van der Waals surface area (Å²) in [5.74, 6) is -1.97. The predicted octanol–water partition coefficient (Wildman–Crippen LogP) is 1.51. The van der Waals surface area contributed by atoms with Crippen LogP contribution in [0.4, 0.5) is 8.78 Å². The second-order valence-electron chi connectivity index (χ2n) is 8.43. The van der Waals surface area contributed by atoms with Gasteiger partial charge in [-0.1, -0.05) is 35.3 Å². The molecule has 0 saturated carbocycles. The molecule has 0 heterocycles. The average Bonchev–Trinajstić information content (AvgIpc) is 2.82. The molecule has 38 heavy (non-hydrogen) atoms. The zero-order valence-corrected chi connectivity index (χ0v) is 24.1. The van der Waals surface area contributed by atoms with E-state index in [1.807, 2.05) is 0 Å². The molecule has 3 rings (SSSR count). The van der Waals surface area contributed by atoms with Crippen LogP contribution in [0, 0.1) is 11.6 Å². The number of carbonyl (C=O) groups excluding carboxylic acids is 1. The maximum absolute atomic E-state index is 13.6. The van der Waals surface area contributed by atoms with Crippen LogP contribution in [0.2, 0.25) is 10.0 Å². The van der Waals surface area contributed by atoms with Crippen molar-refractivity contribution in [3.05, 3.63) is 93.5 Å². The van der Waals surface area contributed by atoms with Gasteiger partial charge in [0.2, 0.25) is 0 Å². The summed E-state index contributed by atoms with van der Waals surface area (Å²) in [6.07, 6.45) is -2.99. The van der Waals surface area contributed by atoms with Gasteiger partial charge in [0.05, 0.1) is 23.8 Å². The first-order valence-corrected chi connectivity index (χ1v) is 12.2. The molecule has 0 aromatic heterocycles. The number of aliphatic hydroxyl groups excluding tert-OH is 2. The van der Waals surface area contributed by atoms with Gasteiger partial charge in [0.1, 0.15) is 29.7 Å². The third-order valence-corrected chi connectivity index (χ3v) is 6.04. The molecule has 198 valence electrons. The SMILES string of the molecule is O=C([O-])C[C@H](O)C[C@H](O)COc1c(Cl)cc(Cl)cc1C(CCOc1ccc(F)cc1)c1ccc(F)cc1.[Na+]. The fourth-order valence-electron chi connectivity index (χ4n) is 3.85. The van der Waals surface area contributed by atoms with Crippen LogP contribution >= 0.6 is 23.2 Å². The molecule has 0 fully saturated rings. The van der Waals surface area contributed by atoms with Crippen molar-refractivity contribution in [3.8, 4) is 11.5 Å². The summed E-state index contributed by atoms with van der Waals surface area (Å²) in [7, 11) is 0. The number of aliphatic hydroxyl groups is 2. The predicted molar refractivity (Wildman–Crippen MR) is 133 cm³/mol. The largest absolute Gasteiger partial charge is 1.00 e.